The van der Waals surface area contributed by atoms with Gasteiger partial charge in [0, 0.05) is 50.8 Å². The summed E-state index contributed by atoms with van der Waals surface area (Å²) in [6, 6.07) is 7.11. The van der Waals surface area contributed by atoms with Crippen molar-refractivity contribution in [3.63, 3.8) is 0 Å². The number of hydrogen-bond donors (Lipinski definition) is 1. The second-order valence-electron chi connectivity index (χ2n) is 8.27. The number of guanidine groups is 1. The second kappa shape index (κ2) is 13.5. The monoisotopic (exact) mass is 532 g/mol. The summed E-state index contributed by atoms with van der Waals surface area (Å²) in [6.07, 6.45) is 3.44. The number of nitrogens with one attached hydrogen (secondary N) is 1. The molecule has 0 spiro atoms. The minimum Gasteiger partial charge on any atom is -0.381 e. The molecule has 1 aromatic carbocycles. The van der Waals surface area contributed by atoms with Gasteiger partial charge in [-0.1, -0.05) is 18.2 Å². The molecule has 3 rings (SSSR count). The molecule has 2 aliphatic rings. The van der Waals surface area contributed by atoms with Gasteiger partial charge in [0.15, 0.2) is 5.96 Å². The van der Waals surface area contributed by atoms with E-state index in [-0.39, 0.29) is 29.8 Å². The number of aliphatic imine (C=N–C) groups is 1. The molecule has 7 heteroatoms. The quantitative estimate of drug-likeness (QED) is 0.313. The van der Waals surface area contributed by atoms with E-state index in [1.807, 2.05) is 12.1 Å². The summed E-state index contributed by atoms with van der Waals surface area (Å²) in [5.41, 5.74) is 0.800. The van der Waals surface area contributed by atoms with Gasteiger partial charge in [-0.3, -0.25) is 9.89 Å². The molecule has 1 aromatic rings. The van der Waals surface area contributed by atoms with Gasteiger partial charge in [-0.25, -0.2) is 4.39 Å². The van der Waals surface area contributed by atoms with E-state index in [2.05, 4.69) is 29.0 Å². The van der Waals surface area contributed by atoms with Gasteiger partial charge < -0.3 is 15.0 Å². The highest BCUT2D eigenvalue weighted by Gasteiger charge is 2.25. The fourth-order valence-electron chi connectivity index (χ4n) is 4.28. The van der Waals surface area contributed by atoms with E-state index >= 15 is 0 Å². The molecule has 1 unspecified atom stereocenters. The Kier molecular flexibility index (Phi) is 11.4. The Morgan fingerprint density at radius 2 is 1.87 bits per heavy atom. The third-order valence-corrected chi connectivity index (χ3v) is 6.04. The standard InChI is InChI=1S/C23H37FN4O.HI/c1-3-25-23(28-14-11-20(16-28)18-29-4-2)26-15-19-9-12-27(13-10-19)17-21-7-5-6-8-22(21)24;/h5-8,19-20H,3-4,9-18H2,1-2H3,(H,25,26);1H. The van der Waals surface area contributed by atoms with Crippen molar-refractivity contribution in [2.45, 2.75) is 39.7 Å². The highest BCUT2D eigenvalue weighted by atomic mass is 127. The van der Waals surface area contributed by atoms with Gasteiger partial charge in [-0.2, -0.15) is 0 Å². The molecule has 0 aromatic heterocycles. The van der Waals surface area contributed by atoms with Gasteiger partial charge in [0.05, 0.1) is 6.61 Å². The van der Waals surface area contributed by atoms with Gasteiger partial charge in [0.1, 0.15) is 5.82 Å². The van der Waals surface area contributed by atoms with E-state index in [4.69, 9.17) is 9.73 Å². The van der Waals surface area contributed by atoms with Gasteiger partial charge in [-0.15, -0.1) is 24.0 Å². The molecule has 2 heterocycles. The van der Waals surface area contributed by atoms with Gasteiger partial charge in [0.2, 0.25) is 0 Å². The molecule has 2 fully saturated rings. The summed E-state index contributed by atoms with van der Waals surface area (Å²) in [6.45, 7) is 12.4. The van der Waals surface area contributed by atoms with E-state index in [9.17, 15) is 4.39 Å². The lowest BCUT2D eigenvalue weighted by Gasteiger charge is -2.31. The van der Waals surface area contributed by atoms with Crippen molar-refractivity contribution in [3.8, 4) is 0 Å². The maximum Gasteiger partial charge on any atom is 0.193 e. The van der Waals surface area contributed by atoms with Crippen LogP contribution in [0.2, 0.25) is 0 Å². The van der Waals surface area contributed by atoms with Crippen LogP contribution in [0.1, 0.15) is 38.7 Å². The van der Waals surface area contributed by atoms with Crippen LogP contribution in [0.25, 0.3) is 0 Å². The number of halogens is 2. The first-order chi connectivity index (χ1) is 14.2. The molecule has 0 saturated carbocycles. The van der Waals surface area contributed by atoms with Crippen LogP contribution in [-0.4, -0.2) is 68.2 Å². The van der Waals surface area contributed by atoms with Crippen molar-refractivity contribution in [2.24, 2.45) is 16.8 Å². The third kappa shape index (κ3) is 7.64. The van der Waals surface area contributed by atoms with E-state index in [0.717, 1.165) is 76.8 Å². The number of benzene rings is 1. The fourth-order valence-corrected chi connectivity index (χ4v) is 4.28. The van der Waals surface area contributed by atoms with Crippen LogP contribution in [0.5, 0.6) is 0 Å². The number of rotatable bonds is 8. The maximum absolute atomic E-state index is 13.9. The lowest BCUT2D eigenvalue weighted by atomic mass is 9.96. The van der Waals surface area contributed by atoms with Crippen LogP contribution in [0.15, 0.2) is 29.3 Å². The largest absolute Gasteiger partial charge is 0.381 e. The fraction of sp³-hybridized carbons (Fsp3) is 0.696. The number of ether oxygens (including phenoxy) is 1. The van der Waals surface area contributed by atoms with Gasteiger partial charge >= 0.3 is 0 Å². The zero-order valence-corrected chi connectivity index (χ0v) is 20.8. The molecule has 1 N–H and O–H groups in total. The summed E-state index contributed by atoms with van der Waals surface area (Å²) < 4.78 is 19.5. The molecule has 0 aliphatic carbocycles. The first kappa shape index (κ1) is 25.3. The number of hydrogen-bond acceptors (Lipinski definition) is 3. The van der Waals surface area contributed by atoms with Gasteiger partial charge in [0.25, 0.3) is 0 Å². The van der Waals surface area contributed by atoms with Crippen molar-refractivity contribution in [1.82, 2.24) is 15.1 Å². The van der Waals surface area contributed by atoms with Crippen LogP contribution in [-0.2, 0) is 11.3 Å². The molecule has 0 amide bonds. The predicted molar refractivity (Wildman–Crippen MR) is 132 cm³/mol. The Hall–Kier alpha value is -0.930. The molecule has 1 atom stereocenters. The Labute approximate surface area is 198 Å². The summed E-state index contributed by atoms with van der Waals surface area (Å²) in [5, 5.41) is 3.47. The highest BCUT2D eigenvalue weighted by molar-refractivity contribution is 14.0. The second-order valence-corrected chi connectivity index (χ2v) is 8.27. The van der Waals surface area contributed by atoms with Gasteiger partial charge in [-0.05, 0) is 58.2 Å². The van der Waals surface area contributed by atoms with Crippen molar-refractivity contribution < 1.29 is 9.13 Å². The normalized spacial score (nSPS) is 21.0. The Balaban J connectivity index is 0.00000320. The Morgan fingerprint density at radius 3 is 2.57 bits per heavy atom. The van der Waals surface area contributed by atoms with Crippen LogP contribution in [0, 0.1) is 17.7 Å². The van der Waals surface area contributed by atoms with Crippen molar-refractivity contribution in [3.05, 3.63) is 35.6 Å². The lowest BCUT2D eigenvalue weighted by Crippen LogP contribution is -2.41. The molecule has 30 heavy (non-hydrogen) atoms. The minimum absolute atomic E-state index is 0. The minimum atomic E-state index is -0.0947. The molecule has 170 valence electrons. The summed E-state index contributed by atoms with van der Waals surface area (Å²) in [5.74, 6) is 2.19. The molecule has 2 aliphatic heterocycles. The molecule has 0 bridgehead atoms. The summed E-state index contributed by atoms with van der Waals surface area (Å²) in [4.78, 5) is 9.72. The lowest BCUT2D eigenvalue weighted by molar-refractivity contribution is 0.114. The number of nitrogens with zero attached hydrogens (tertiary/aromatic N) is 3. The predicted octanol–water partition coefficient (Wildman–Crippen LogP) is 3.98. The molecular weight excluding hydrogens is 494 g/mol. The first-order valence-electron chi connectivity index (χ1n) is 11.3. The van der Waals surface area contributed by atoms with E-state index in [1.54, 1.807) is 12.1 Å². The van der Waals surface area contributed by atoms with Crippen LogP contribution in [0.3, 0.4) is 0 Å². The number of likely N-dealkylation sites (tertiary alicyclic amines) is 2. The topological polar surface area (TPSA) is 40.1 Å². The average Bonchev–Trinajstić information content (AvgIpc) is 3.21. The number of piperidine rings is 1. The van der Waals surface area contributed by atoms with Crippen LogP contribution >= 0.6 is 24.0 Å². The first-order valence-corrected chi connectivity index (χ1v) is 11.3. The zero-order valence-electron chi connectivity index (χ0n) is 18.5. The van der Waals surface area contributed by atoms with E-state index < -0.39 is 0 Å². The third-order valence-electron chi connectivity index (χ3n) is 6.04. The highest BCUT2D eigenvalue weighted by Crippen LogP contribution is 2.21. The van der Waals surface area contributed by atoms with Crippen molar-refractivity contribution in [2.75, 3.05) is 52.5 Å². The van der Waals surface area contributed by atoms with E-state index in [1.165, 1.54) is 6.42 Å². The Bertz CT molecular complexity index is 652. The Morgan fingerprint density at radius 1 is 1.13 bits per heavy atom. The average molecular weight is 532 g/mol. The summed E-state index contributed by atoms with van der Waals surface area (Å²) in [7, 11) is 0. The SMILES string of the molecule is CCNC(=NCC1CCN(Cc2ccccc2F)CC1)N1CCC(COCC)C1.I. The molecular formula is C23H38FIN4O. The molecule has 0 radical (unpaired) electrons. The van der Waals surface area contributed by atoms with Crippen molar-refractivity contribution >= 4 is 29.9 Å². The van der Waals surface area contributed by atoms with Crippen LogP contribution < -0.4 is 5.32 Å². The summed E-state index contributed by atoms with van der Waals surface area (Å²) >= 11 is 0. The maximum atomic E-state index is 13.9. The van der Waals surface area contributed by atoms with Crippen molar-refractivity contribution in [1.29, 1.82) is 0 Å². The van der Waals surface area contributed by atoms with Crippen LogP contribution in [0.4, 0.5) is 4.39 Å². The molecule has 2 saturated heterocycles. The molecule has 5 nitrogen and oxygen atoms in total. The smallest absolute Gasteiger partial charge is 0.193 e. The zero-order chi connectivity index (χ0) is 20.5. The van der Waals surface area contributed by atoms with E-state index in [0.29, 0.717) is 18.4 Å².